The number of amides is 1. The van der Waals surface area contributed by atoms with Crippen molar-refractivity contribution < 1.29 is 18.3 Å². The van der Waals surface area contributed by atoms with Crippen molar-refractivity contribution in [2.75, 3.05) is 0 Å². The first-order chi connectivity index (χ1) is 8.99. The van der Waals surface area contributed by atoms with Crippen LogP contribution in [0.25, 0.3) is 0 Å². The van der Waals surface area contributed by atoms with E-state index < -0.39 is 17.5 Å². The lowest BCUT2D eigenvalue weighted by atomic mass is 10.2. The van der Waals surface area contributed by atoms with Crippen molar-refractivity contribution in [3.8, 4) is 11.5 Å². The molecule has 0 unspecified atom stereocenters. The lowest BCUT2D eigenvalue weighted by molar-refractivity contribution is 0.0994. The fraction of sp³-hybridized carbons (Fsp3) is 0. The Morgan fingerprint density at radius 2 is 1.89 bits per heavy atom. The Bertz CT molecular complexity index is 647. The van der Waals surface area contributed by atoms with E-state index in [1.165, 1.54) is 24.3 Å². The maximum absolute atomic E-state index is 13.5. The minimum atomic E-state index is -0.958. The summed E-state index contributed by atoms with van der Waals surface area (Å²) in [5.41, 5.74) is 4.72. The summed E-state index contributed by atoms with van der Waals surface area (Å²) >= 11 is 3.17. The third-order valence-corrected chi connectivity index (χ3v) is 2.99. The van der Waals surface area contributed by atoms with Gasteiger partial charge < -0.3 is 10.5 Å². The van der Waals surface area contributed by atoms with Crippen LogP contribution in [0.5, 0.6) is 11.5 Å². The third kappa shape index (κ3) is 2.90. The van der Waals surface area contributed by atoms with E-state index in [1.54, 1.807) is 0 Å². The average molecular weight is 328 g/mol. The van der Waals surface area contributed by atoms with Gasteiger partial charge in [-0.1, -0.05) is 6.07 Å². The Hall–Kier alpha value is -1.95. The van der Waals surface area contributed by atoms with E-state index in [9.17, 15) is 13.6 Å². The number of nitrogens with two attached hydrogens (primary N) is 1. The zero-order valence-corrected chi connectivity index (χ0v) is 11.1. The Balaban J connectivity index is 2.46. The van der Waals surface area contributed by atoms with Crippen LogP contribution < -0.4 is 10.5 Å². The molecule has 6 heteroatoms. The monoisotopic (exact) mass is 327 g/mol. The first-order valence-electron chi connectivity index (χ1n) is 5.20. The van der Waals surface area contributed by atoms with E-state index in [0.29, 0.717) is 4.47 Å². The van der Waals surface area contributed by atoms with Gasteiger partial charge in [0.2, 0.25) is 0 Å². The Morgan fingerprint density at radius 1 is 1.16 bits per heavy atom. The van der Waals surface area contributed by atoms with Gasteiger partial charge >= 0.3 is 0 Å². The maximum atomic E-state index is 13.5. The number of halogens is 3. The van der Waals surface area contributed by atoms with Gasteiger partial charge in [-0.05, 0) is 40.2 Å². The van der Waals surface area contributed by atoms with Crippen LogP contribution in [-0.2, 0) is 0 Å². The molecule has 2 aromatic rings. The van der Waals surface area contributed by atoms with Gasteiger partial charge in [-0.2, -0.15) is 0 Å². The van der Waals surface area contributed by atoms with E-state index in [2.05, 4.69) is 15.9 Å². The van der Waals surface area contributed by atoms with Crippen LogP contribution in [0.2, 0.25) is 0 Å². The predicted octanol–water partition coefficient (Wildman–Crippen LogP) is 3.62. The smallest absolute Gasteiger partial charge is 0.255 e. The lowest BCUT2D eigenvalue weighted by Gasteiger charge is -2.11. The molecule has 0 saturated heterocycles. The fourth-order valence-corrected chi connectivity index (χ4v) is 1.83. The average Bonchev–Trinajstić information content (AvgIpc) is 2.33. The van der Waals surface area contributed by atoms with Crippen molar-refractivity contribution >= 4 is 21.8 Å². The van der Waals surface area contributed by atoms with Gasteiger partial charge in [0.15, 0.2) is 0 Å². The SMILES string of the molecule is NC(=O)c1c(F)cccc1Oc1cc(F)ccc1Br. The van der Waals surface area contributed by atoms with Crippen LogP contribution >= 0.6 is 15.9 Å². The minimum Gasteiger partial charge on any atom is -0.455 e. The maximum Gasteiger partial charge on any atom is 0.255 e. The van der Waals surface area contributed by atoms with Gasteiger partial charge in [-0.3, -0.25) is 4.79 Å². The number of ether oxygens (including phenoxy) is 1. The first-order valence-corrected chi connectivity index (χ1v) is 5.99. The zero-order chi connectivity index (χ0) is 14.0. The second kappa shape index (κ2) is 5.36. The highest BCUT2D eigenvalue weighted by molar-refractivity contribution is 9.10. The highest BCUT2D eigenvalue weighted by Crippen LogP contribution is 2.32. The summed E-state index contributed by atoms with van der Waals surface area (Å²) in [4.78, 5) is 11.2. The molecule has 19 heavy (non-hydrogen) atoms. The van der Waals surface area contributed by atoms with E-state index in [-0.39, 0.29) is 17.1 Å². The van der Waals surface area contributed by atoms with Crippen molar-refractivity contribution in [3.05, 3.63) is 58.1 Å². The standard InChI is InChI=1S/C13H8BrF2NO2/c14-8-5-4-7(15)6-11(8)19-10-3-1-2-9(16)12(10)13(17)18/h1-6H,(H2,17,18). The van der Waals surface area contributed by atoms with Crippen molar-refractivity contribution in [1.82, 2.24) is 0 Å². The number of carbonyl (C=O) groups is 1. The zero-order valence-electron chi connectivity index (χ0n) is 9.49. The Kier molecular flexibility index (Phi) is 3.80. The van der Waals surface area contributed by atoms with E-state index in [0.717, 1.165) is 12.1 Å². The summed E-state index contributed by atoms with van der Waals surface area (Å²) in [6.07, 6.45) is 0. The topological polar surface area (TPSA) is 52.3 Å². The molecule has 0 atom stereocenters. The number of hydrogen-bond donors (Lipinski definition) is 1. The fourth-order valence-electron chi connectivity index (χ4n) is 1.50. The van der Waals surface area contributed by atoms with Crippen molar-refractivity contribution in [2.45, 2.75) is 0 Å². The Morgan fingerprint density at radius 3 is 2.58 bits per heavy atom. The molecule has 2 rings (SSSR count). The van der Waals surface area contributed by atoms with Crippen LogP contribution in [0, 0.1) is 11.6 Å². The van der Waals surface area contributed by atoms with Gasteiger partial charge in [0, 0.05) is 6.07 Å². The summed E-state index contributed by atoms with van der Waals surface area (Å²) in [7, 11) is 0. The van der Waals surface area contributed by atoms with Crippen LogP contribution in [0.15, 0.2) is 40.9 Å². The van der Waals surface area contributed by atoms with Crippen molar-refractivity contribution in [3.63, 3.8) is 0 Å². The number of benzene rings is 2. The molecule has 0 saturated carbocycles. The van der Waals surface area contributed by atoms with Crippen molar-refractivity contribution in [1.29, 1.82) is 0 Å². The van der Waals surface area contributed by atoms with Crippen LogP contribution in [0.4, 0.5) is 8.78 Å². The number of hydrogen-bond acceptors (Lipinski definition) is 2. The second-order valence-corrected chi connectivity index (χ2v) is 4.51. The molecule has 0 aliphatic heterocycles. The molecule has 1 amide bonds. The molecular formula is C13H8BrF2NO2. The summed E-state index contributed by atoms with van der Waals surface area (Å²) in [5, 5.41) is 0. The largest absolute Gasteiger partial charge is 0.455 e. The predicted molar refractivity (Wildman–Crippen MR) is 69.1 cm³/mol. The van der Waals surface area contributed by atoms with Crippen molar-refractivity contribution in [2.24, 2.45) is 5.73 Å². The van der Waals surface area contributed by atoms with E-state index in [4.69, 9.17) is 10.5 Å². The molecule has 3 nitrogen and oxygen atoms in total. The minimum absolute atomic E-state index is 0.0706. The number of primary amides is 1. The van der Waals surface area contributed by atoms with Crippen LogP contribution in [0.1, 0.15) is 10.4 Å². The highest BCUT2D eigenvalue weighted by Gasteiger charge is 2.16. The normalized spacial score (nSPS) is 10.3. The molecule has 0 bridgehead atoms. The second-order valence-electron chi connectivity index (χ2n) is 3.65. The Labute approximate surface area is 116 Å². The molecule has 0 aliphatic rings. The lowest BCUT2D eigenvalue weighted by Crippen LogP contribution is -2.14. The molecule has 2 N–H and O–H groups in total. The quantitative estimate of drug-likeness (QED) is 0.936. The molecule has 98 valence electrons. The third-order valence-electron chi connectivity index (χ3n) is 2.33. The van der Waals surface area contributed by atoms with Gasteiger partial charge in [-0.15, -0.1) is 0 Å². The van der Waals surface area contributed by atoms with Crippen LogP contribution in [0.3, 0.4) is 0 Å². The molecule has 0 aromatic heterocycles. The molecule has 0 aliphatic carbocycles. The molecule has 0 heterocycles. The van der Waals surface area contributed by atoms with E-state index >= 15 is 0 Å². The summed E-state index contributed by atoms with van der Waals surface area (Å²) in [6, 6.07) is 7.61. The first kappa shape index (κ1) is 13.5. The molecule has 0 radical (unpaired) electrons. The number of rotatable bonds is 3. The summed E-state index contributed by atoms with van der Waals surface area (Å²) < 4.78 is 32.4. The molecule has 0 fully saturated rings. The van der Waals surface area contributed by atoms with Gasteiger partial charge in [0.1, 0.15) is 28.7 Å². The molecule has 0 spiro atoms. The summed E-state index contributed by atoms with van der Waals surface area (Å²) in [6.45, 7) is 0. The molecule has 2 aromatic carbocycles. The van der Waals surface area contributed by atoms with Gasteiger partial charge in [0.05, 0.1) is 4.47 Å². The number of carbonyl (C=O) groups excluding carboxylic acids is 1. The molecular weight excluding hydrogens is 320 g/mol. The van der Waals surface area contributed by atoms with E-state index in [1.807, 2.05) is 0 Å². The summed E-state index contributed by atoms with van der Waals surface area (Å²) in [5.74, 6) is -2.22. The van der Waals surface area contributed by atoms with Gasteiger partial charge in [0.25, 0.3) is 5.91 Å². The van der Waals surface area contributed by atoms with Gasteiger partial charge in [-0.25, -0.2) is 8.78 Å². The van der Waals surface area contributed by atoms with Crippen LogP contribution in [-0.4, -0.2) is 5.91 Å². The highest BCUT2D eigenvalue weighted by atomic mass is 79.9.